The maximum atomic E-state index is 5.83. The van der Waals surface area contributed by atoms with Gasteiger partial charge in [0.2, 0.25) is 0 Å². The van der Waals surface area contributed by atoms with Crippen molar-refractivity contribution in [3.05, 3.63) is 30.1 Å². The number of nitrogens with zero attached hydrogens (tertiary/aromatic N) is 3. The van der Waals surface area contributed by atoms with Gasteiger partial charge in [-0.25, -0.2) is 0 Å². The van der Waals surface area contributed by atoms with Crippen LogP contribution in [0.5, 0.6) is 0 Å². The van der Waals surface area contributed by atoms with E-state index in [9.17, 15) is 0 Å². The number of likely N-dealkylation sites (tertiary alicyclic amines) is 1. The molecule has 0 spiro atoms. The van der Waals surface area contributed by atoms with Gasteiger partial charge >= 0.3 is 0 Å². The van der Waals surface area contributed by atoms with Gasteiger partial charge in [0.25, 0.3) is 0 Å². The predicted molar refractivity (Wildman–Crippen MR) is 88.7 cm³/mol. The number of rotatable bonds is 4. The van der Waals surface area contributed by atoms with E-state index < -0.39 is 0 Å². The van der Waals surface area contributed by atoms with Crippen molar-refractivity contribution < 1.29 is 4.74 Å². The molecule has 2 atom stereocenters. The normalized spacial score (nSPS) is 28.8. The van der Waals surface area contributed by atoms with Crippen molar-refractivity contribution in [2.75, 3.05) is 32.7 Å². The van der Waals surface area contributed by atoms with E-state index in [0.29, 0.717) is 12.2 Å². The number of morpholine rings is 1. The van der Waals surface area contributed by atoms with Gasteiger partial charge < -0.3 is 4.74 Å². The monoisotopic (exact) mass is 303 g/mol. The first-order valence-corrected chi connectivity index (χ1v) is 8.68. The lowest BCUT2D eigenvalue weighted by molar-refractivity contribution is -0.0732. The third-order valence-corrected chi connectivity index (χ3v) is 4.85. The highest BCUT2D eigenvalue weighted by molar-refractivity contribution is 5.08. The minimum Gasteiger partial charge on any atom is -0.373 e. The molecule has 2 aliphatic heterocycles. The van der Waals surface area contributed by atoms with E-state index in [1.807, 2.05) is 18.5 Å². The molecule has 1 aromatic heterocycles. The van der Waals surface area contributed by atoms with Crippen LogP contribution in [0.25, 0.3) is 0 Å². The summed E-state index contributed by atoms with van der Waals surface area (Å²) in [7, 11) is 0. The molecule has 0 amide bonds. The second-order valence-corrected chi connectivity index (χ2v) is 7.06. The summed E-state index contributed by atoms with van der Waals surface area (Å²) >= 11 is 0. The first-order valence-electron chi connectivity index (χ1n) is 8.68. The molecule has 22 heavy (non-hydrogen) atoms. The van der Waals surface area contributed by atoms with Gasteiger partial charge in [0.05, 0.1) is 12.2 Å². The Morgan fingerprint density at radius 2 is 1.86 bits per heavy atom. The Balaban J connectivity index is 1.42. The zero-order chi connectivity index (χ0) is 15.4. The summed E-state index contributed by atoms with van der Waals surface area (Å²) < 4.78 is 5.83. The summed E-state index contributed by atoms with van der Waals surface area (Å²) in [6.45, 7) is 11.3. The van der Waals surface area contributed by atoms with E-state index in [1.165, 1.54) is 38.0 Å². The molecule has 0 aromatic carbocycles. The second-order valence-electron chi connectivity index (χ2n) is 7.06. The Morgan fingerprint density at radius 1 is 1.14 bits per heavy atom. The Labute approximate surface area is 134 Å². The maximum absolute atomic E-state index is 5.83. The third kappa shape index (κ3) is 4.51. The summed E-state index contributed by atoms with van der Waals surface area (Å²) in [4.78, 5) is 9.39. The van der Waals surface area contributed by atoms with Crippen LogP contribution in [0.1, 0.15) is 32.3 Å². The number of aromatic nitrogens is 1. The topological polar surface area (TPSA) is 28.6 Å². The van der Waals surface area contributed by atoms with Crippen LogP contribution in [-0.2, 0) is 11.3 Å². The lowest BCUT2D eigenvalue weighted by atomic mass is 9.95. The van der Waals surface area contributed by atoms with Gasteiger partial charge in [-0.15, -0.1) is 0 Å². The van der Waals surface area contributed by atoms with Gasteiger partial charge in [0.1, 0.15) is 0 Å². The molecule has 0 saturated carbocycles. The van der Waals surface area contributed by atoms with Crippen molar-refractivity contribution in [2.45, 2.75) is 45.4 Å². The Bertz CT molecular complexity index is 435. The average Bonchev–Trinajstić information content (AvgIpc) is 2.49. The number of pyridine rings is 1. The van der Waals surface area contributed by atoms with Crippen molar-refractivity contribution in [3.8, 4) is 0 Å². The fraction of sp³-hybridized carbons (Fsp3) is 0.722. The predicted octanol–water partition coefficient (Wildman–Crippen LogP) is 2.40. The van der Waals surface area contributed by atoms with Crippen LogP contribution in [0.2, 0.25) is 0 Å². The van der Waals surface area contributed by atoms with Crippen LogP contribution in [0.3, 0.4) is 0 Å². The van der Waals surface area contributed by atoms with Gasteiger partial charge in [-0.1, -0.05) is 6.07 Å². The highest BCUT2D eigenvalue weighted by Gasteiger charge is 2.26. The van der Waals surface area contributed by atoms with Crippen molar-refractivity contribution in [1.82, 2.24) is 14.8 Å². The highest BCUT2D eigenvalue weighted by Crippen LogP contribution is 2.21. The molecule has 4 heteroatoms. The van der Waals surface area contributed by atoms with E-state index in [2.05, 4.69) is 34.7 Å². The molecule has 2 unspecified atom stereocenters. The van der Waals surface area contributed by atoms with E-state index in [-0.39, 0.29) is 0 Å². The van der Waals surface area contributed by atoms with Crippen molar-refractivity contribution >= 4 is 0 Å². The van der Waals surface area contributed by atoms with Crippen LogP contribution in [-0.4, -0.2) is 59.7 Å². The summed E-state index contributed by atoms with van der Waals surface area (Å²) in [6.07, 6.45) is 7.24. The second kappa shape index (κ2) is 7.53. The first kappa shape index (κ1) is 15.9. The van der Waals surface area contributed by atoms with E-state index in [0.717, 1.165) is 25.6 Å². The van der Waals surface area contributed by atoms with E-state index in [4.69, 9.17) is 4.74 Å². The summed E-state index contributed by atoms with van der Waals surface area (Å²) in [5.74, 6) is 0.850. The maximum Gasteiger partial charge on any atom is 0.0678 e. The summed E-state index contributed by atoms with van der Waals surface area (Å²) in [5, 5.41) is 0. The molecule has 3 rings (SSSR count). The Morgan fingerprint density at radius 3 is 2.50 bits per heavy atom. The Hall–Kier alpha value is -0.970. The van der Waals surface area contributed by atoms with Crippen LogP contribution in [0, 0.1) is 5.92 Å². The summed E-state index contributed by atoms with van der Waals surface area (Å²) in [6, 6.07) is 4.21. The lowest BCUT2D eigenvalue weighted by Gasteiger charge is -2.39. The molecule has 2 fully saturated rings. The molecule has 0 bridgehead atoms. The molecule has 1 aromatic rings. The molecular weight excluding hydrogens is 274 g/mol. The average molecular weight is 303 g/mol. The fourth-order valence-electron chi connectivity index (χ4n) is 3.88. The minimum absolute atomic E-state index is 0.384. The molecule has 0 radical (unpaired) electrons. The number of hydrogen-bond acceptors (Lipinski definition) is 4. The Kier molecular flexibility index (Phi) is 5.45. The SMILES string of the molecule is CC1CN(CC2CCN(Cc3cccnc3)CC2)CC(C)O1. The fourth-order valence-corrected chi connectivity index (χ4v) is 3.88. The minimum atomic E-state index is 0.384. The number of ether oxygens (including phenoxy) is 1. The zero-order valence-electron chi connectivity index (χ0n) is 13.9. The van der Waals surface area contributed by atoms with Gasteiger partial charge in [-0.05, 0) is 57.3 Å². The van der Waals surface area contributed by atoms with Crippen LogP contribution in [0.4, 0.5) is 0 Å². The molecule has 0 aliphatic carbocycles. The van der Waals surface area contributed by atoms with Crippen molar-refractivity contribution in [2.24, 2.45) is 5.92 Å². The van der Waals surface area contributed by atoms with Crippen molar-refractivity contribution in [1.29, 1.82) is 0 Å². The van der Waals surface area contributed by atoms with Crippen LogP contribution < -0.4 is 0 Å². The number of hydrogen-bond donors (Lipinski definition) is 0. The quantitative estimate of drug-likeness (QED) is 0.854. The largest absolute Gasteiger partial charge is 0.373 e. The summed E-state index contributed by atoms with van der Waals surface area (Å²) in [5.41, 5.74) is 1.33. The molecule has 4 nitrogen and oxygen atoms in total. The van der Waals surface area contributed by atoms with Crippen LogP contribution in [0.15, 0.2) is 24.5 Å². The molecular formula is C18H29N3O. The first-order chi connectivity index (χ1) is 10.7. The highest BCUT2D eigenvalue weighted by atomic mass is 16.5. The smallest absolute Gasteiger partial charge is 0.0678 e. The molecule has 3 heterocycles. The van der Waals surface area contributed by atoms with Crippen LogP contribution >= 0.6 is 0 Å². The third-order valence-electron chi connectivity index (χ3n) is 4.85. The number of piperidine rings is 1. The molecule has 2 saturated heterocycles. The molecule has 0 N–H and O–H groups in total. The van der Waals surface area contributed by atoms with Gasteiger partial charge in [0.15, 0.2) is 0 Å². The van der Waals surface area contributed by atoms with Gasteiger partial charge in [-0.3, -0.25) is 14.8 Å². The van der Waals surface area contributed by atoms with Crippen molar-refractivity contribution in [3.63, 3.8) is 0 Å². The van der Waals surface area contributed by atoms with Gasteiger partial charge in [0, 0.05) is 38.6 Å². The standard InChI is InChI=1S/C18H29N3O/c1-15-11-21(12-16(2)22-15)13-17-5-8-20(9-6-17)14-18-4-3-7-19-10-18/h3-4,7,10,15-17H,5-6,8-9,11-14H2,1-2H3. The van der Waals surface area contributed by atoms with E-state index >= 15 is 0 Å². The van der Waals surface area contributed by atoms with Gasteiger partial charge in [-0.2, -0.15) is 0 Å². The van der Waals surface area contributed by atoms with E-state index in [1.54, 1.807) is 0 Å². The molecule has 2 aliphatic rings. The molecule has 122 valence electrons. The lowest BCUT2D eigenvalue weighted by Crippen LogP contribution is -2.48. The zero-order valence-corrected chi connectivity index (χ0v) is 13.9.